The monoisotopic (exact) mass is 312 g/mol. The van der Waals surface area contributed by atoms with Crippen LogP contribution in [0, 0.1) is 5.92 Å². The first-order valence-corrected chi connectivity index (χ1v) is 7.99. The molecule has 1 fully saturated rings. The van der Waals surface area contributed by atoms with Gasteiger partial charge in [0.25, 0.3) is 0 Å². The number of nitrogens with one attached hydrogen (secondary N) is 2. The van der Waals surface area contributed by atoms with Crippen LogP contribution in [0.25, 0.3) is 0 Å². The van der Waals surface area contributed by atoms with Crippen LogP contribution >= 0.6 is 11.6 Å². The second-order valence-corrected chi connectivity index (χ2v) is 5.85. The van der Waals surface area contributed by atoms with Gasteiger partial charge in [-0.15, -0.1) is 0 Å². The van der Waals surface area contributed by atoms with Gasteiger partial charge >= 0.3 is 0 Å². The SMILES string of the molecule is COCCOc1cc(Cl)ccc1CNCC1CCNCC1. The smallest absolute Gasteiger partial charge is 0.125 e. The third-order valence-corrected chi connectivity index (χ3v) is 4.02. The maximum atomic E-state index is 6.05. The minimum Gasteiger partial charge on any atom is -0.491 e. The molecule has 1 heterocycles. The van der Waals surface area contributed by atoms with Gasteiger partial charge in [0, 0.05) is 24.2 Å². The van der Waals surface area contributed by atoms with Crippen LogP contribution in [0.4, 0.5) is 0 Å². The van der Waals surface area contributed by atoms with Crippen LogP contribution in [0.5, 0.6) is 5.75 Å². The van der Waals surface area contributed by atoms with Crippen molar-refractivity contribution in [1.29, 1.82) is 0 Å². The zero-order valence-corrected chi connectivity index (χ0v) is 13.4. The van der Waals surface area contributed by atoms with E-state index in [4.69, 9.17) is 21.1 Å². The van der Waals surface area contributed by atoms with Gasteiger partial charge in [0.2, 0.25) is 0 Å². The number of methoxy groups -OCH3 is 1. The van der Waals surface area contributed by atoms with Crippen molar-refractivity contribution in [1.82, 2.24) is 10.6 Å². The second kappa shape index (κ2) is 9.26. The van der Waals surface area contributed by atoms with E-state index in [2.05, 4.69) is 10.6 Å². The Bertz CT molecular complexity index is 423. The maximum absolute atomic E-state index is 6.05. The van der Waals surface area contributed by atoms with Gasteiger partial charge in [-0.2, -0.15) is 0 Å². The molecule has 118 valence electrons. The summed E-state index contributed by atoms with van der Waals surface area (Å²) >= 11 is 6.05. The van der Waals surface area contributed by atoms with Gasteiger partial charge in [-0.05, 0) is 50.5 Å². The Labute approximate surface area is 132 Å². The Kier molecular flexibility index (Phi) is 7.30. The average molecular weight is 313 g/mol. The Morgan fingerprint density at radius 2 is 2.10 bits per heavy atom. The fourth-order valence-electron chi connectivity index (χ4n) is 2.54. The highest BCUT2D eigenvalue weighted by Crippen LogP contribution is 2.23. The average Bonchev–Trinajstić information content (AvgIpc) is 2.51. The van der Waals surface area contributed by atoms with E-state index in [1.54, 1.807) is 7.11 Å². The van der Waals surface area contributed by atoms with Crippen molar-refractivity contribution in [3.8, 4) is 5.75 Å². The molecule has 2 rings (SSSR count). The van der Waals surface area contributed by atoms with E-state index < -0.39 is 0 Å². The molecule has 1 aromatic carbocycles. The molecule has 1 aliphatic heterocycles. The minimum absolute atomic E-state index is 0.540. The predicted octanol–water partition coefficient (Wildman–Crippen LogP) is 2.45. The largest absolute Gasteiger partial charge is 0.491 e. The number of rotatable bonds is 8. The number of piperidine rings is 1. The molecule has 0 unspecified atom stereocenters. The Hall–Kier alpha value is -0.810. The van der Waals surface area contributed by atoms with Crippen LogP contribution < -0.4 is 15.4 Å². The topological polar surface area (TPSA) is 42.5 Å². The van der Waals surface area contributed by atoms with Gasteiger partial charge in [0.05, 0.1) is 6.61 Å². The van der Waals surface area contributed by atoms with Gasteiger partial charge in [-0.25, -0.2) is 0 Å². The van der Waals surface area contributed by atoms with Crippen LogP contribution in [0.2, 0.25) is 5.02 Å². The van der Waals surface area contributed by atoms with Crippen molar-refractivity contribution in [3.05, 3.63) is 28.8 Å². The molecule has 0 atom stereocenters. The van der Waals surface area contributed by atoms with Gasteiger partial charge in [-0.1, -0.05) is 17.7 Å². The lowest BCUT2D eigenvalue weighted by molar-refractivity contribution is 0.145. The summed E-state index contributed by atoms with van der Waals surface area (Å²) in [4.78, 5) is 0. The Morgan fingerprint density at radius 3 is 2.86 bits per heavy atom. The zero-order valence-electron chi connectivity index (χ0n) is 12.7. The van der Waals surface area contributed by atoms with Crippen LogP contribution in [0.3, 0.4) is 0 Å². The summed E-state index contributed by atoms with van der Waals surface area (Å²) in [5.41, 5.74) is 1.14. The van der Waals surface area contributed by atoms with E-state index in [1.807, 2.05) is 18.2 Å². The molecular formula is C16H25ClN2O2. The third kappa shape index (κ3) is 5.83. The first-order chi connectivity index (χ1) is 10.3. The molecule has 2 N–H and O–H groups in total. The maximum Gasteiger partial charge on any atom is 0.125 e. The number of benzene rings is 1. The van der Waals surface area contributed by atoms with Crippen LogP contribution in [0.1, 0.15) is 18.4 Å². The van der Waals surface area contributed by atoms with Crippen molar-refractivity contribution >= 4 is 11.6 Å². The highest BCUT2D eigenvalue weighted by molar-refractivity contribution is 6.30. The number of halogens is 1. The molecule has 1 saturated heterocycles. The molecular weight excluding hydrogens is 288 g/mol. The Morgan fingerprint density at radius 1 is 1.29 bits per heavy atom. The summed E-state index contributed by atoms with van der Waals surface area (Å²) in [5, 5.41) is 7.63. The van der Waals surface area contributed by atoms with Gasteiger partial charge < -0.3 is 20.1 Å². The fourth-order valence-corrected chi connectivity index (χ4v) is 2.70. The first kappa shape index (κ1) is 16.6. The van der Waals surface area contributed by atoms with Crippen LogP contribution in [-0.2, 0) is 11.3 Å². The summed E-state index contributed by atoms with van der Waals surface area (Å²) < 4.78 is 10.8. The number of hydrogen-bond acceptors (Lipinski definition) is 4. The summed E-state index contributed by atoms with van der Waals surface area (Å²) in [6, 6.07) is 5.81. The van der Waals surface area contributed by atoms with E-state index in [-0.39, 0.29) is 0 Å². The summed E-state index contributed by atoms with van der Waals surface area (Å²) in [5.74, 6) is 1.62. The molecule has 0 radical (unpaired) electrons. The zero-order chi connectivity index (χ0) is 14.9. The van der Waals surface area contributed by atoms with E-state index in [0.29, 0.717) is 18.2 Å². The quantitative estimate of drug-likeness (QED) is 0.724. The molecule has 4 nitrogen and oxygen atoms in total. The van der Waals surface area contributed by atoms with Crippen molar-refractivity contribution in [2.24, 2.45) is 5.92 Å². The van der Waals surface area contributed by atoms with Gasteiger partial charge in [0.15, 0.2) is 0 Å². The number of ether oxygens (including phenoxy) is 2. The van der Waals surface area contributed by atoms with Crippen molar-refractivity contribution < 1.29 is 9.47 Å². The van der Waals surface area contributed by atoms with E-state index in [0.717, 1.165) is 43.4 Å². The van der Waals surface area contributed by atoms with Crippen molar-refractivity contribution in [2.75, 3.05) is 40.0 Å². The first-order valence-electron chi connectivity index (χ1n) is 7.61. The van der Waals surface area contributed by atoms with Crippen molar-refractivity contribution in [3.63, 3.8) is 0 Å². The molecule has 0 aromatic heterocycles. The van der Waals surface area contributed by atoms with Crippen LogP contribution in [0.15, 0.2) is 18.2 Å². The molecule has 1 aromatic rings. The molecule has 21 heavy (non-hydrogen) atoms. The van der Waals surface area contributed by atoms with Crippen LogP contribution in [-0.4, -0.2) is 40.0 Å². The standard InChI is InChI=1S/C16H25ClN2O2/c1-20-8-9-21-16-10-15(17)3-2-14(16)12-19-11-13-4-6-18-7-5-13/h2-3,10,13,18-19H,4-9,11-12H2,1H3. The third-order valence-electron chi connectivity index (χ3n) is 3.78. The molecule has 0 saturated carbocycles. The van der Waals surface area contributed by atoms with Gasteiger partial charge in [0.1, 0.15) is 12.4 Å². The highest BCUT2D eigenvalue weighted by Gasteiger charge is 2.12. The van der Waals surface area contributed by atoms with E-state index in [9.17, 15) is 0 Å². The van der Waals surface area contributed by atoms with Gasteiger partial charge in [-0.3, -0.25) is 0 Å². The lowest BCUT2D eigenvalue weighted by Crippen LogP contribution is -2.33. The highest BCUT2D eigenvalue weighted by atomic mass is 35.5. The molecule has 0 bridgehead atoms. The Balaban J connectivity index is 1.82. The summed E-state index contributed by atoms with van der Waals surface area (Å²) in [6.07, 6.45) is 2.51. The minimum atomic E-state index is 0.540. The molecule has 0 spiro atoms. The summed E-state index contributed by atoms with van der Waals surface area (Å²) in [7, 11) is 1.67. The lowest BCUT2D eigenvalue weighted by Gasteiger charge is -2.23. The van der Waals surface area contributed by atoms with Crippen molar-refractivity contribution in [2.45, 2.75) is 19.4 Å². The second-order valence-electron chi connectivity index (χ2n) is 5.42. The number of hydrogen-bond donors (Lipinski definition) is 2. The summed E-state index contributed by atoms with van der Waals surface area (Å²) in [6.45, 7) is 5.26. The normalized spacial score (nSPS) is 16.1. The van der Waals surface area contributed by atoms with E-state index in [1.165, 1.54) is 12.8 Å². The molecule has 0 aliphatic carbocycles. The fraction of sp³-hybridized carbons (Fsp3) is 0.625. The predicted molar refractivity (Wildman–Crippen MR) is 86.1 cm³/mol. The molecule has 1 aliphatic rings. The molecule has 0 amide bonds. The molecule has 5 heteroatoms. The lowest BCUT2D eigenvalue weighted by atomic mass is 9.98. The van der Waals surface area contributed by atoms with E-state index >= 15 is 0 Å².